The fourth-order valence-corrected chi connectivity index (χ4v) is 3.61. The standard InChI is InChI=1S/C25H23N3O2S/c1-17-3-7-19(8-4-17)15-23-27-25(31-28-23)30-22-13-9-20(10-14-22)16-24(29)26-21-11-5-18(2)6-12-21/h3-14H,15-16H2,1-2H3,(H,26,29). The summed E-state index contributed by atoms with van der Waals surface area (Å²) < 4.78 is 10.2. The molecule has 0 radical (unpaired) electrons. The van der Waals surface area contributed by atoms with E-state index < -0.39 is 0 Å². The highest BCUT2D eigenvalue weighted by molar-refractivity contribution is 7.07. The molecular weight excluding hydrogens is 406 g/mol. The Balaban J connectivity index is 1.31. The zero-order chi connectivity index (χ0) is 21.6. The van der Waals surface area contributed by atoms with Crippen molar-refractivity contribution in [2.75, 3.05) is 5.32 Å². The highest BCUT2D eigenvalue weighted by Crippen LogP contribution is 2.24. The number of carbonyl (C=O) groups excluding carboxylic acids is 1. The van der Waals surface area contributed by atoms with Crippen LogP contribution in [0.3, 0.4) is 0 Å². The van der Waals surface area contributed by atoms with Gasteiger partial charge in [0.1, 0.15) is 5.75 Å². The van der Waals surface area contributed by atoms with Crippen molar-refractivity contribution in [3.63, 3.8) is 0 Å². The SMILES string of the molecule is Cc1ccc(Cc2nsc(Oc3ccc(CC(=O)Nc4ccc(C)cc4)cc3)n2)cc1. The summed E-state index contributed by atoms with van der Waals surface area (Å²) in [6.07, 6.45) is 0.975. The lowest BCUT2D eigenvalue weighted by atomic mass is 10.1. The van der Waals surface area contributed by atoms with Crippen molar-refractivity contribution in [1.82, 2.24) is 9.36 Å². The highest BCUT2D eigenvalue weighted by atomic mass is 32.1. The van der Waals surface area contributed by atoms with Crippen LogP contribution in [0.15, 0.2) is 72.8 Å². The topological polar surface area (TPSA) is 64.1 Å². The van der Waals surface area contributed by atoms with Gasteiger partial charge in [0.25, 0.3) is 5.19 Å². The number of hydrogen-bond donors (Lipinski definition) is 1. The fraction of sp³-hybridized carbons (Fsp3) is 0.160. The first kappa shape index (κ1) is 20.8. The minimum atomic E-state index is -0.0533. The third-order valence-corrected chi connectivity index (χ3v) is 5.39. The molecule has 1 N–H and O–H groups in total. The van der Waals surface area contributed by atoms with Crippen LogP contribution in [-0.2, 0) is 17.6 Å². The second-order valence-electron chi connectivity index (χ2n) is 7.48. The first-order valence-corrected chi connectivity index (χ1v) is 10.8. The molecule has 0 bridgehead atoms. The third kappa shape index (κ3) is 5.99. The number of aromatic nitrogens is 2. The Hall–Kier alpha value is -3.51. The average Bonchev–Trinajstić information content (AvgIpc) is 3.19. The number of carbonyl (C=O) groups is 1. The Bertz CT molecular complexity index is 1150. The van der Waals surface area contributed by atoms with Crippen LogP contribution in [0.25, 0.3) is 0 Å². The largest absolute Gasteiger partial charge is 0.430 e. The fourth-order valence-electron chi connectivity index (χ4n) is 3.04. The molecule has 0 saturated heterocycles. The lowest BCUT2D eigenvalue weighted by molar-refractivity contribution is -0.115. The van der Waals surface area contributed by atoms with Crippen molar-refractivity contribution in [3.8, 4) is 10.9 Å². The molecule has 1 aromatic heterocycles. The second-order valence-corrected chi connectivity index (χ2v) is 8.19. The van der Waals surface area contributed by atoms with Crippen LogP contribution in [-0.4, -0.2) is 15.3 Å². The normalized spacial score (nSPS) is 10.6. The summed E-state index contributed by atoms with van der Waals surface area (Å²) in [4.78, 5) is 16.7. The number of aryl methyl sites for hydroxylation is 2. The predicted octanol–water partition coefficient (Wildman–Crippen LogP) is 5.72. The molecule has 156 valence electrons. The number of amides is 1. The maximum Gasteiger partial charge on any atom is 0.298 e. The van der Waals surface area contributed by atoms with Gasteiger partial charge in [-0.1, -0.05) is 59.7 Å². The number of rotatable bonds is 7. The van der Waals surface area contributed by atoms with Gasteiger partial charge in [0.2, 0.25) is 5.91 Å². The van der Waals surface area contributed by atoms with Gasteiger partial charge in [0.05, 0.1) is 6.42 Å². The zero-order valence-electron chi connectivity index (χ0n) is 17.5. The summed E-state index contributed by atoms with van der Waals surface area (Å²) in [5, 5.41) is 3.42. The molecule has 5 nitrogen and oxygen atoms in total. The summed E-state index contributed by atoms with van der Waals surface area (Å²) in [6.45, 7) is 4.08. The van der Waals surface area contributed by atoms with Crippen LogP contribution in [0, 0.1) is 13.8 Å². The Morgan fingerprint density at radius 3 is 2.16 bits per heavy atom. The Morgan fingerprint density at radius 1 is 0.871 bits per heavy atom. The summed E-state index contributed by atoms with van der Waals surface area (Å²) in [6, 6.07) is 23.6. The molecule has 0 aliphatic heterocycles. The second kappa shape index (κ2) is 9.53. The van der Waals surface area contributed by atoms with Gasteiger partial charge >= 0.3 is 0 Å². The molecule has 0 spiro atoms. The quantitative estimate of drug-likeness (QED) is 0.408. The lowest BCUT2D eigenvalue weighted by Crippen LogP contribution is -2.14. The highest BCUT2D eigenvalue weighted by Gasteiger charge is 2.09. The molecule has 0 atom stereocenters. The summed E-state index contributed by atoms with van der Waals surface area (Å²) in [7, 11) is 0. The number of nitrogens with zero attached hydrogens (tertiary/aromatic N) is 2. The molecular formula is C25H23N3O2S. The van der Waals surface area contributed by atoms with Gasteiger partial charge in [-0.05, 0) is 49.2 Å². The van der Waals surface area contributed by atoms with E-state index in [9.17, 15) is 4.79 Å². The zero-order valence-corrected chi connectivity index (χ0v) is 18.3. The van der Waals surface area contributed by atoms with Crippen LogP contribution in [0.5, 0.6) is 10.9 Å². The molecule has 6 heteroatoms. The van der Waals surface area contributed by atoms with Gasteiger partial charge in [-0.15, -0.1) is 0 Å². The summed E-state index contributed by atoms with van der Waals surface area (Å²) in [5.74, 6) is 1.36. The smallest absolute Gasteiger partial charge is 0.298 e. The van der Waals surface area contributed by atoms with Crippen molar-refractivity contribution in [3.05, 3.63) is 101 Å². The van der Waals surface area contributed by atoms with E-state index in [1.807, 2.05) is 55.5 Å². The monoisotopic (exact) mass is 429 g/mol. The average molecular weight is 430 g/mol. The number of ether oxygens (including phenoxy) is 1. The molecule has 4 rings (SSSR count). The first-order valence-electron chi connectivity index (χ1n) is 10.0. The molecule has 0 aliphatic carbocycles. The van der Waals surface area contributed by atoms with Gasteiger partial charge in [0.15, 0.2) is 5.82 Å². The van der Waals surface area contributed by atoms with Crippen LogP contribution < -0.4 is 10.1 Å². The molecule has 31 heavy (non-hydrogen) atoms. The van der Waals surface area contributed by atoms with Gasteiger partial charge in [-0.3, -0.25) is 4.79 Å². The molecule has 0 aliphatic rings. The molecule has 1 amide bonds. The van der Waals surface area contributed by atoms with E-state index in [1.165, 1.54) is 22.7 Å². The van der Waals surface area contributed by atoms with E-state index in [1.54, 1.807) is 0 Å². The lowest BCUT2D eigenvalue weighted by Gasteiger charge is -2.06. The van der Waals surface area contributed by atoms with E-state index in [4.69, 9.17) is 4.74 Å². The maximum atomic E-state index is 12.3. The molecule has 3 aromatic carbocycles. The number of benzene rings is 3. The number of nitrogens with one attached hydrogen (secondary N) is 1. The number of anilines is 1. The Morgan fingerprint density at radius 2 is 1.48 bits per heavy atom. The molecule has 0 unspecified atom stereocenters. The molecule has 0 saturated carbocycles. The first-order chi connectivity index (χ1) is 15.0. The van der Waals surface area contributed by atoms with Gasteiger partial charge in [-0.2, -0.15) is 9.36 Å². The Labute approximate surface area is 185 Å². The van der Waals surface area contributed by atoms with Crippen molar-refractivity contribution in [2.24, 2.45) is 0 Å². The molecule has 4 aromatic rings. The molecule has 1 heterocycles. The van der Waals surface area contributed by atoms with E-state index in [0.717, 1.165) is 22.6 Å². The minimum absolute atomic E-state index is 0.0533. The third-order valence-electron chi connectivity index (χ3n) is 4.76. The minimum Gasteiger partial charge on any atom is -0.430 e. The molecule has 0 fully saturated rings. The number of hydrogen-bond acceptors (Lipinski definition) is 5. The van der Waals surface area contributed by atoms with Crippen molar-refractivity contribution < 1.29 is 9.53 Å². The predicted molar refractivity (Wildman–Crippen MR) is 124 cm³/mol. The van der Waals surface area contributed by atoms with Crippen LogP contribution in [0.2, 0.25) is 0 Å². The summed E-state index contributed by atoms with van der Waals surface area (Å²) in [5.41, 5.74) is 5.27. The van der Waals surface area contributed by atoms with Gasteiger partial charge < -0.3 is 10.1 Å². The van der Waals surface area contributed by atoms with Crippen LogP contribution in [0.1, 0.15) is 28.1 Å². The van der Waals surface area contributed by atoms with Gasteiger partial charge in [0, 0.05) is 23.6 Å². The Kier molecular flexibility index (Phi) is 6.38. The maximum absolute atomic E-state index is 12.3. The van der Waals surface area contributed by atoms with E-state index >= 15 is 0 Å². The van der Waals surface area contributed by atoms with Crippen molar-refractivity contribution in [1.29, 1.82) is 0 Å². The van der Waals surface area contributed by atoms with Crippen molar-refractivity contribution in [2.45, 2.75) is 26.7 Å². The van der Waals surface area contributed by atoms with Crippen molar-refractivity contribution >= 4 is 23.1 Å². The van der Waals surface area contributed by atoms with Gasteiger partial charge in [-0.25, -0.2) is 0 Å². The van der Waals surface area contributed by atoms with Crippen LogP contribution in [0.4, 0.5) is 5.69 Å². The van der Waals surface area contributed by atoms with E-state index in [-0.39, 0.29) is 5.91 Å². The van der Waals surface area contributed by atoms with Crippen LogP contribution >= 0.6 is 11.5 Å². The van der Waals surface area contributed by atoms with E-state index in [2.05, 4.69) is 45.9 Å². The van der Waals surface area contributed by atoms with E-state index in [0.29, 0.717) is 23.8 Å². The summed E-state index contributed by atoms with van der Waals surface area (Å²) >= 11 is 1.24.